The van der Waals surface area contributed by atoms with Gasteiger partial charge in [0.25, 0.3) is 0 Å². The Morgan fingerprint density at radius 3 is 2.50 bits per heavy atom. The third-order valence-corrected chi connectivity index (χ3v) is 4.18. The number of aromatic nitrogens is 2. The molecule has 0 amide bonds. The lowest BCUT2D eigenvalue weighted by Gasteiger charge is -2.38. The van der Waals surface area contributed by atoms with Crippen molar-refractivity contribution in [2.24, 2.45) is 5.41 Å². The Kier molecular flexibility index (Phi) is 4.63. The largest absolute Gasteiger partial charge is 0.369 e. The molecule has 0 aliphatic carbocycles. The fraction of sp³-hybridized carbons (Fsp3) is 0.750. The zero-order valence-electron chi connectivity index (χ0n) is 13.5. The van der Waals surface area contributed by atoms with Crippen molar-refractivity contribution < 1.29 is 0 Å². The second kappa shape index (κ2) is 6.08. The second-order valence-corrected chi connectivity index (χ2v) is 6.90. The molecule has 4 heteroatoms. The first-order valence-electron chi connectivity index (χ1n) is 7.68. The molecular weight excluding hydrogens is 248 g/mol. The molecule has 1 aromatic heterocycles. The lowest BCUT2D eigenvalue weighted by Crippen LogP contribution is -2.38. The van der Waals surface area contributed by atoms with E-state index in [0.29, 0.717) is 11.3 Å². The molecule has 20 heavy (non-hydrogen) atoms. The van der Waals surface area contributed by atoms with Crippen LogP contribution in [0.2, 0.25) is 0 Å². The van der Waals surface area contributed by atoms with Crippen LogP contribution in [0.1, 0.15) is 58.0 Å². The maximum Gasteiger partial charge on any atom is 0.131 e. The first-order chi connectivity index (χ1) is 9.43. The Morgan fingerprint density at radius 2 is 1.95 bits per heavy atom. The van der Waals surface area contributed by atoms with E-state index < -0.39 is 0 Å². The summed E-state index contributed by atoms with van der Waals surface area (Å²) in [4.78, 5) is 11.8. The number of nitrogens with one attached hydrogen (secondary N) is 1. The fourth-order valence-electron chi connectivity index (χ4n) is 2.62. The topological polar surface area (TPSA) is 41.1 Å². The summed E-state index contributed by atoms with van der Waals surface area (Å²) in [6.07, 6.45) is 4.49. The Morgan fingerprint density at radius 1 is 1.30 bits per heavy atom. The zero-order valence-corrected chi connectivity index (χ0v) is 13.5. The highest BCUT2D eigenvalue weighted by atomic mass is 15.2. The quantitative estimate of drug-likeness (QED) is 0.918. The third-order valence-electron chi connectivity index (χ3n) is 4.18. The second-order valence-electron chi connectivity index (χ2n) is 6.90. The van der Waals surface area contributed by atoms with Gasteiger partial charge in [0.05, 0.1) is 17.6 Å². The van der Waals surface area contributed by atoms with E-state index in [4.69, 9.17) is 4.98 Å². The highest BCUT2D eigenvalue weighted by Crippen LogP contribution is 2.33. The average Bonchev–Trinajstić information content (AvgIpc) is 2.39. The first-order valence-corrected chi connectivity index (χ1v) is 7.68. The standard InChI is InChI=1S/C16H28N4/c1-12(2)15-18-11-14(13(19-15)10-17-5)20-8-6-16(3,4)7-9-20/h11-12,17H,6-10H2,1-5H3. The van der Waals surface area contributed by atoms with Gasteiger partial charge in [0.15, 0.2) is 0 Å². The number of hydrogen-bond acceptors (Lipinski definition) is 4. The Bertz CT molecular complexity index is 444. The first kappa shape index (κ1) is 15.2. The van der Waals surface area contributed by atoms with E-state index in [9.17, 15) is 0 Å². The minimum Gasteiger partial charge on any atom is -0.369 e. The summed E-state index contributed by atoms with van der Waals surface area (Å²) in [5.74, 6) is 1.32. The minimum absolute atomic E-state index is 0.375. The predicted molar refractivity (Wildman–Crippen MR) is 84.1 cm³/mol. The molecule has 0 aromatic carbocycles. The van der Waals surface area contributed by atoms with E-state index in [1.807, 2.05) is 13.2 Å². The highest BCUT2D eigenvalue weighted by Gasteiger charge is 2.27. The monoisotopic (exact) mass is 276 g/mol. The van der Waals surface area contributed by atoms with Gasteiger partial charge in [0, 0.05) is 25.6 Å². The number of piperidine rings is 1. The van der Waals surface area contributed by atoms with Gasteiger partial charge in [-0.05, 0) is 25.3 Å². The van der Waals surface area contributed by atoms with Crippen LogP contribution in [0, 0.1) is 5.41 Å². The summed E-state index contributed by atoms with van der Waals surface area (Å²) < 4.78 is 0. The van der Waals surface area contributed by atoms with E-state index in [0.717, 1.165) is 31.2 Å². The fourth-order valence-corrected chi connectivity index (χ4v) is 2.62. The molecule has 2 heterocycles. The van der Waals surface area contributed by atoms with Crippen LogP contribution in [0.5, 0.6) is 0 Å². The number of rotatable bonds is 4. The molecule has 1 aliphatic rings. The predicted octanol–water partition coefficient (Wildman–Crippen LogP) is 2.95. The maximum absolute atomic E-state index is 4.76. The van der Waals surface area contributed by atoms with Crippen LogP contribution >= 0.6 is 0 Å². The van der Waals surface area contributed by atoms with Gasteiger partial charge < -0.3 is 10.2 Å². The SMILES string of the molecule is CNCc1nc(C(C)C)ncc1N1CCC(C)(C)CC1. The number of hydrogen-bond donors (Lipinski definition) is 1. The van der Waals surface area contributed by atoms with Crippen molar-refractivity contribution in [1.82, 2.24) is 15.3 Å². The molecule has 0 saturated carbocycles. The molecule has 1 N–H and O–H groups in total. The third kappa shape index (κ3) is 3.48. The van der Waals surface area contributed by atoms with Gasteiger partial charge in [-0.2, -0.15) is 0 Å². The zero-order chi connectivity index (χ0) is 14.8. The van der Waals surface area contributed by atoms with Gasteiger partial charge in [-0.1, -0.05) is 27.7 Å². The normalized spacial score (nSPS) is 18.6. The summed E-state index contributed by atoms with van der Waals surface area (Å²) in [6.45, 7) is 12.0. The van der Waals surface area contributed by atoms with Gasteiger partial charge in [-0.25, -0.2) is 9.97 Å². The lowest BCUT2D eigenvalue weighted by molar-refractivity contribution is 0.279. The van der Waals surface area contributed by atoms with Crippen LogP contribution in [0.15, 0.2) is 6.20 Å². The highest BCUT2D eigenvalue weighted by molar-refractivity contribution is 5.49. The molecule has 0 atom stereocenters. The summed E-state index contributed by atoms with van der Waals surface area (Å²) in [5.41, 5.74) is 2.81. The molecular formula is C16H28N4. The van der Waals surface area contributed by atoms with Crippen LogP contribution in [0.3, 0.4) is 0 Å². The molecule has 0 spiro atoms. The van der Waals surface area contributed by atoms with Crippen molar-refractivity contribution >= 4 is 5.69 Å². The molecule has 1 fully saturated rings. The van der Waals surface area contributed by atoms with Crippen molar-refractivity contribution in [3.63, 3.8) is 0 Å². The Balaban J connectivity index is 2.22. The molecule has 0 bridgehead atoms. The Labute approximate surface area is 123 Å². The molecule has 1 aromatic rings. The van der Waals surface area contributed by atoms with Crippen molar-refractivity contribution in [3.8, 4) is 0 Å². The van der Waals surface area contributed by atoms with Crippen LogP contribution in [-0.2, 0) is 6.54 Å². The van der Waals surface area contributed by atoms with Crippen LogP contribution in [0.25, 0.3) is 0 Å². The van der Waals surface area contributed by atoms with Crippen molar-refractivity contribution in [2.75, 3.05) is 25.0 Å². The van der Waals surface area contributed by atoms with Gasteiger partial charge in [0.2, 0.25) is 0 Å². The molecule has 2 rings (SSSR count). The minimum atomic E-state index is 0.375. The molecule has 0 unspecified atom stereocenters. The summed E-state index contributed by atoms with van der Waals surface area (Å²) in [6, 6.07) is 0. The summed E-state index contributed by atoms with van der Waals surface area (Å²) in [7, 11) is 1.97. The van der Waals surface area contributed by atoms with Crippen LogP contribution in [0.4, 0.5) is 5.69 Å². The van der Waals surface area contributed by atoms with E-state index in [1.54, 1.807) is 0 Å². The number of anilines is 1. The molecule has 0 radical (unpaired) electrons. The number of nitrogens with zero attached hydrogens (tertiary/aromatic N) is 3. The van der Waals surface area contributed by atoms with Gasteiger partial charge in [0.1, 0.15) is 5.82 Å². The molecule has 1 aliphatic heterocycles. The Hall–Kier alpha value is -1.16. The van der Waals surface area contributed by atoms with E-state index in [2.05, 4.69) is 42.9 Å². The van der Waals surface area contributed by atoms with Crippen molar-refractivity contribution in [2.45, 2.75) is 53.0 Å². The molecule has 112 valence electrons. The molecule has 1 saturated heterocycles. The van der Waals surface area contributed by atoms with Gasteiger partial charge in [-0.3, -0.25) is 0 Å². The van der Waals surface area contributed by atoms with Gasteiger partial charge >= 0.3 is 0 Å². The van der Waals surface area contributed by atoms with Gasteiger partial charge in [-0.15, -0.1) is 0 Å². The van der Waals surface area contributed by atoms with Crippen LogP contribution < -0.4 is 10.2 Å². The van der Waals surface area contributed by atoms with E-state index in [1.165, 1.54) is 18.5 Å². The molecule has 4 nitrogen and oxygen atoms in total. The smallest absolute Gasteiger partial charge is 0.131 e. The van der Waals surface area contributed by atoms with Crippen LogP contribution in [-0.4, -0.2) is 30.1 Å². The lowest BCUT2D eigenvalue weighted by atomic mass is 9.82. The van der Waals surface area contributed by atoms with E-state index >= 15 is 0 Å². The average molecular weight is 276 g/mol. The summed E-state index contributed by atoms with van der Waals surface area (Å²) in [5, 5.41) is 3.23. The van der Waals surface area contributed by atoms with Crippen molar-refractivity contribution in [3.05, 3.63) is 17.7 Å². The maximum atomic E-state index is 4.76. The summed E-state index contributed by atoms with van der Waals surface area (Å²) >= 11 is 0. The van der Waals surface area contributed by atoms with E-state index in [-0.39, 0.29) is 0 Å². The van der Waals surface area contributed by atoms with Crippen molar-refractivity contribution in [1.29, 1.82) is 0 Å².